The molecule has 27 heavy (non-hydrogen) atoms. The van der Waals surface area contributed by atoms with Crippen molar-refractivity contribution in [3.8, 4) is 0 Å². The van der Waals surface area contributed by atoms with E-state index >= 15 is 0 Å². The summed E-state index contributed by atoms with van der Waals surface area (Å²) in [6, 6.07) is 10.1. The van der Waals surface area contributed by atoms with E-state index in [1.165, 1.54) is 11.1 Å². The van der Waals surface area contributed by atoms with Crippen LogP contribution in [-0.4, -0.2) is 35.9 Å². The number of aromatic nitrogens is 2. The van der Waals surface area contributed by atoms with Crippen LogP contribution in [0.4, 0.5) is 5.95 Å². The predicted octanol–water partition coefficient (Wildman–Crippen LogP) is 1.90. The van der Waals surface area contributed by atoms with E-state index < -0.39 is 5.91 Å². The summed E-state index contributed by atoms with van der Waals surface area (Å²) in [5, 5.41) is 4.86. The van der Waals surface area contributed by atoms with Crippen LogP contribution in [0, 0.1) is 0 Å². The minimum atomic E-state index is -0.510. The van der Waals surface area contributed by atoms with Gasteiger partial charge in [0.1, 0.15) is 5.70 Å². The number of carbonyl (C=O) groups is 2. The van der Waals surface area contributed by atoms with Crippen LogP contribution in [0.25, 0.3) is 6.08 Å². The molecule has 1 aromatic carbocycles. The zero-order chi connectivity index (χ0) is 19.6. The minimum Gasteiger partial charge on any atom is -0.384 e. The number of fused-ring (bicyclic) bond motifs is 1. The fourth-order valence-electron chi connectivity index (χ4n) is 2.79. The molecule has 0 radical (unpaired) electrons. The van der Waals surface area contributed by atoms with Crippen molar-refractivity contribution in [3.63, 3.8) is 0 Å². The Balaban J connectivity index is 0.00000126. The number of anilines is 1. The number of carbonyl (C=O) groups excluding carboxylic acids is 2. The summed E-state index contributed by atoms with van der Waals surface area (Å²) in [7, 11) is 1.61. The number of hydrogen-bond acceptors (Lipinski definition) is 6. The molecule has 142 valence electrons. The highest BCUT2D eigenvalue weighted by Gasteiger charge is 2.18. The molecular formula is C20H25N5O2. The first kappa shape index (κ1) is 20.1. The number of amides is 2. The van der Waals surface area contributed by atoms with Gasteiger partial charge >= 0.3 is 0 Å². The molecule has 0 saturated carbocycles. The molecule has 7 heteroatoms. The van der Waals surface area contributed by atoms with Crippen molar-refractivity contribution >= 4 is 24.3 Å². The molecule has 1 aromatic heterocycles. The summed E-state index contributed by atoms with van der Waals surface area (Å²) < 4.78 is 0. The maximum absolute atomic E-state index is 11.8. The molecule has 2 amide bonds. The average molecular weight is 367 g/mol. The molecular weight excluding hydrogens is 342 g/mol. The molecule has 7 nitrogen and oxygen atoms in total. The maximum Gasteiger partial charge on any atom is 0.273 e. The number of imide groups is 1. The largest absolute Gasteiger partial charge is 0.384 e. The number of hydrogen-bond donors (Lipinski definition) is 2. The van der Waals surface area contributed by atoms with Gasteiger partial charge in [-0.25, -0.2) is 9.97 Å². The Kier molecular flexibility index (Phi) is 7.49. The molecule has 2 N–H and O–H groups in total. The third kappa shape index (κ3) is 5.13. The Morgan fingerprint density at radius 1 is 1.19 bits per heavy atom. The Hall–Kier alpha value is -3.22. The first-order valence-corrected chi connectivity index (χ1v) is 9.00. The summed E-state index contributed by atoms with van der Waals surface area (Å²) in [6.07, 6.45) is 4.55. The van der Waals surface area contributed by atoms with Gasteiger partial charge < -0.3 is 10.2 Å². The van der Waals surface area contributed by atoms with Gasteiger partial charge in [-0.3, -0.25) is 14.9 Å². The molecule has 2 heterocycles. The van der Waals surface area contributed by atoms with Gasteiger partial charge in [0.25, 0.3) is 5.91 Å². The van der Waals surface area contributed by atoms with Crippen LogP contribution in [0.1, 0.15) is 30.7 Å². The number of rotatable bonds is 5. The quantitative estimate of drug-likeness (QED) is 0.620. The Morgan fingerprint density at radius 3 is 2.63 bits per heavy atom. The zero-order valence-corrected chi connectivity index (χ0v) is 15.9. The van der Waals surface area contributed by atoms with Crippen molar-refractivity contribution in [2.24, 2.45) is 0 Å². The topological polar surface area (TPSA) is 87.2 Å². The molecule has 1 aliphatic heterocycles. The molecule has 0 fully saturated rings. The van der Waals surface area contributed by atoms with Gasteiger partial charge in [-0.15, -0.1) is 0 Å². The molecule has 0 unspecified atom stereocenters. The molecule has 2 aromatic rings. The van der Waals surface area contributed by atoms with Crippen LogP contribution in [-0.2, 0) is 22.6 Å². The standard InChI is InChI=1S/C18H19N5O2.C2H6/c1-19-16(17(25)21-12-24)10-15-6-8-20-18(22-15)23-9-7-13-4-2-3-5-14(13)11-23;1-2/h2-6,8,10,12,19H,7,9,11H2,1H3,(H,21,24,25);1-2H3/b16-10-;. The van der Waals surface area contributed by atoms with Crippen LogP contribution < -0.4 is 15.5 Å². The first-order chi connectivity index (χ1) is 13.2. The smallest absolute Gasteiger partial charge is 0.273 e. The number of nitrogens with one attached hydrogen (secondary N) is 2. The second-order valence-electron chi connectivity index (χ2n) is 5.62. The Morgan fingerprint density at radius 2 is 1.93 bits per heavy atom. The van der Waals surface area contributed by atoms with E-state index in [1.807, 2.05) is 19.9 Å². The molecule has 3 rings (SSSR count). The number of likely N-dealkylation sites (N-methyl/N-ethyl adjacent to an activating group) is 1. The highest BCUT2D eigenvalue weighted by Crippen LogP contribution is 2.22. The molecule has 1 aliphatic rings. The molecule has 0 bridgehead atoms. The van der Waals surface area contributed by atoms with E-state index in [1.54, 1.807) is 25.4 Å². The molecule has 0 atom stereocenters. The second-order valence-corrected chi connectivity index (χ2v) is 5.62. The summed E-state index contributed by atoms with van der Waals surface area (Å²) >= 11 is 0. The third-order valence-corrected chi connectivity index (χ3v) is 4.07. The lowest BCUT2D eigenvalue weighted by Gasteiger charge is -2.28. The zero-order valence-electron chi connectivity index (χ0n) is 15.9. The predicted molar refractivity (Wildman–Crippen MR) is 106 cm³/mol. The van der Waals surface area contributed by atoms with Gasteiger partial charge in [0.15, 0.2) is 0 Å². The molecule has 0 spiro atoms. The third-order valence-electron chi connectivity index (χ3n) is 4.07. The second kappa shape index (κ2) is 10.1. The van der Waals surface area contributed by atoms with E-state index in [9.17, 15) is 9.59 Å². The summed E-state index contributed by atoms with van der Waals surface area (Å²) in [4.78, 5) is 33.2. The van der Waals surface area contributed by atoms with Crippen molar-refractivity contribution in [1.29, 1.82) is 0 Å². The van der Waals surface area contributed by atoms with Crippen molar-refractivity contribution in [2.45, 2.75) is 26.8 Å². The fourth-order valence-corrected chi connectivity index (χ4v) is 2.79. The Bertz CT molecular complexity index is 820. The van der Waals surface area contributed by atoms with Crippen molar-refractivity contribution < 1.29 is 9.59 Å². The van der Waals surface area contributed by atoms with Gasteiger partial charge in [0.05, 0.1) is 5.69 Å². The number of benzene rings is 1. The average Bonchev–Trinajstić information content (AvgIpc) is 2.73. The van der Waals surface area contributed by atoms with Crippen molar-refractivity contribution in [1.82, 2.24) is 20.6 Å². The summed E-state index contributed by atoms with van der Waals surface area (Å²) in [6.45, 7) is 5.60. The van der Waals surface area contributed by atoms with Gasteiger partial charge in [-0.05, 0) is 29.7 Å². The maximum atomic E-state index is 11.8. The summed E-state index contributed by atoms with van der Waals surface area (Å²) in [5.74, 6) is 0.110. The fraction of sp³-hybridized carbons (Fsp3) is 0.300. The van der Waals surface area contributed by atoms with E-state index in [-0.39, 0.29) is 5.70 Å². The lowest BCUT2D eigenvalue weighted by atomic mass is 10.0. The van der Waals surface area contributed by atoms with E-state index in [2.05, 4.69) is 43.7 Å². The highest BCUT2D eigenvalue weighted by molar-refractivity contribution is 6.01. The van der Waals surface area contributed by atoms with Crippen molar-refractivity contribution in [3.05, 3.63) is 59.0 Å². The normalized spacial score (nSPS) is 13.0. The lowest BCUT2D eigenvalue weighted by Crippen LogP contribution is -2.32. The highest BCUT2D eigenvalue weighted by atomic mass is 16.2. The minimum absolute atomic E-state index is 0.251. The van der Waals surface area contributed by atoms with Gasteiger partial charge in [0, 0.05) is 26.3 Å². The summed E-state index contributed by atoms with van der Waals surface area (Å²) in [5.41, 5.74) is 3.48. The van der Waals surface area contributed by atoms with Gasteiger partial charge in [-0.1, -0.05) is 38.1 Å². The number of nitrogens with zero attached hydrogens (tertiary/aromatic N) is 3. The van der Waals surface area contributed by atoms with E-state index in [0.29, 0.717) is 18.1 Å². The van der Waals surface area contributed by atoms with E-state index in [4.69, 9.17) is 0 Å². The lowest BCUT2D eigenvalue weighted by molar-refractivity contribution is -0.122. The van der Waals surface area contributed by atoms with Crippen LogP contribution in [0.15, 0.2) is 42.2 Å². The van der Waals surface area contributed by atoms with Gasteiger partial charge in [-0.2, -0.15) is 0 Å². The molecule has 0 saturated heterocycles. The molecule has 0 aliphatic carbocycles. The van der Waals surface area contributed by atoms with Crippen LogP contribution in [0.2, 0.25) is 0 Å². The van der Waals surface area contributed by atoms with Crippen LogP contribution >= 0.6 is 0 Å². The SMILES string of the molecule is CC.CN/C(=C\c1ccnc(N2CCc3ccccc3C2)n1)C(=O)NC=O. The van der Waals surface area contributed by atoms with Crippen LogP contribution in [0.3, 0.4) is 0 Å². The van der Waals surface area contributed by atoms with Gasteiger partial charge in [0.2, 0.25) is 12.4 Å². The van der Waals surface area contributed by atoms with E-state index in [0.717, 1.165) is 19.5 Å². The monoisotopic (exact) mass is 367 g/mol. The first-order valence-electron chi connectivity index (χ1n) is 9.00. The van der Waals surface area contributed by atoms with Crippen molar-refractivity contribution in [2.75, 3.05) is 18.5 Å². The Labute approximate surface area is 159 Å². The van der Waals surface area contributed by atoms with Crippen LogP contribution in [0.5, 0.6) is 0 Å².